The van der Waals surface area contributed by atoms with Crippen LogP contribution in [0.1, 0.15) is 38.2 Å². The number of allylic oxidation sites excluding steroid dienone is 2. The van der Waals surface area contributed by atoms with E-state index in [1.54, 1.807) is 0 Å². The van der Waals surface area contributed by atoms with Crippen LogP contribution < -0.4 is 16.9 Å². The molecule has 3 rings (SSSR count). The van der Waals surface area contributed by atoms with Crippen LogP contribution in [0.3, 0.4) is 0 Å². The molecular formula is C17H20N2O4. The van der Waals surface area contributed by atoms with Crippen LogP contribution in [-0.4, -0.2) is 9.55 Å². The first-order valence-electron chi connectivity index (χ1n) is 8.05. The van der Waals surface area contributed by atoms with Crippen molar-refractivity contribution in [1.29, 1.82) is 0 Å². The summed E-state index contributed by atoms with van der Waals surface area (Å²) in [7, 11) is 0. The molecule has 122 valence electrons. The molecule has 0 bridgehead atoms. The smallest absolute Gasteiger partial charge is 0.337 e. The highest BCUT2D eigenvalue weighted by Crippen LogP contribution is 2.29. The minimum Gasteiger partial charge on any atom is -0.405 e. The number of hydrogen-bond acceptors (Lipinski definition) is 4. The van der Waals surface area contributed by atoms with Crippen molar-refractivity contribution >= 4 is 11.1 Å². The van der Waals surface area contributed by atoms with Crippen LogP contribution >= 0.6 is 0 Å². The molecule has 1 aliphatic carbocycles. The normalized spacial score (nSPS) is 14.8. The quantitative estimate of drug-likeness (QED) is 0.825. The molecule has 0 unspecified atom stereocenters. The molecule has 1 fully saturated rings. The minimum absolute atomic E-state index is 0.0194. The lowest BCUT2D eigenvalue weighted by Gasteiger charge is -2.07. The summed E-state index contributed by atoms with van der Waals surface area (Å²) < 4.78 is 6.25. The van der Waals surface area contributed by atoms with Crippen molar-refractivity contribution in [3.8, 4) is 0 Å². The fourth-order valence-electron chi connectivity index (χ4n) is 2.70. The van der Waals surface area contributed by atoms with Crippen LogP contribution in [0.2, 0.25) is 0 Å². The maximum Gasteiger partial charge on any atom is 0.337 e. The highest BCUT2D eigenvalue weighted by Gasteiger charge is 2.24. The molecule has 0 aromatic carbocycles. The Kier molecular flexibility index (Phi) is 4.32. The molecule has 0 amide bonds. The van der Waals surface area contributed by atoms with E-state index in [0.717, 1.165) is 25.7 Å². The van der Waals surface area contributed by atoms with E-state index in [1.165, 1.54) is 10.6 Å². The predicted molar refractivity (Wildman–Crippen MR) is 87.8 cm³/mol. The van der Waals surface area contributed by atoms with Crippen molar-refractivity contribution in [2.75, 3.05) is 0 Å². The number of aryl methyl sites for hydroxylation is 1. The van der Waals surface area contributed by atoms with Gasteiger partial charge in [0.05, 0.1) is 0 Å². The van der Waals surface area contributed by atoms with Gasteiger partial charge in [-0.25, -0.2) is 9.59 Å². The summed E-state index contributed by atoms with van der Waals surface area (Å²) in [6.07, 6.45) is 8.39. The molecule has 2 aromatic heterocycles. The van der Waals surface area contributed by atoms with Crippen LogP contribution in [0.5, 0.6) is 0 Å². The maximum absolute atomic E-state index is 12.7. The Morgan fingerprint density at radius 3 is 2.78 bits per heavy atom. The van der Waals surface area contributed by atoms with Gasteiger partial charge in [0.15, 0.2) is 0 Å². The fourth-order valence-corrected chi connectivity index (χ4v) is 2.70. The Labute approximate surface area is 132 Å². The van der Waals surface area contributed by atoms with Gasteiger partial charge < -0.3 is 4.42 Å². The molecule has 2 aromatic rings. The second kappa shape index (κ2) is 6.40. The fraction of sp³-hybridized carbons (Fsp3) is 0.471. The summed E-state index contributed by atoms with van der Waals surface area (Å²) in [5.74, 6) is 0.401. The van der Waals surface area contributed by atoms with Gasteiger partial charge in [0.1, 0.15) is 5.39 Å². The Morgan fingerprint density at radius 2 is 2.09 bits per heavy atom. The van der Waals surface area contributed by atoms with E-state index in [0.29, 0.717) is 29.8 Å². The molecule has 1 N–H and O–H groups in total. The lowest BCUT2D eigenvalue weighted by Crippen LogP contribution is -2.36. The molecule has 0 saturated heterocycles. The highest BCUT2D eigenvalue weighted by atomic mass is 16.4. The Hall–Kier alpha value is -2.37. The summed E-state index contributed by atoms with van der Waals surface area (Å²) in [6.45, 7) is 2.47. The topological polar surface area (TPSA) is 85.1 Å². The van der Waals surface area contributed by atoms with Crippen molar-refractivity contribution in [2.45, 2.75) is 45.6 Å². The molecule has 0 radical (unpaired) electrons. The molecule has 2 heterocycles. The summed E-state index contributed by atoms with van der Waals surface area (Å²) in [5, 5.41) is 0.315. The number of aromatic amines is 1. The second-order valence-corrected chi connectivity index (χ2v) is 6.00. The third kappa shape index (κ3) is 3.36. The molecule has 23 heavy (non-hydrogen) atoms. The van der Waals surface area contributed by atoms with E-state index in [-0.39, 0.29) is 11.3 Å². The van der Waals surface area contributed by atoms with Gasteiger partial charge in [0.25, 0.3) is 5.56 Å². The van der Waals surface area contributed by atoms with Gasteiger partial charge in [-0.05, 0) is 43.6 Å². The zero-order chi connectivity index (χ0) is 16.4. The predicted octanol–water partition coefficient (Wildman–Crippen LogP) is 1.95. The van der Waals surface area contributed by atoms with Crippen LogP contribution in [0.25, 0.3) is 11.1 Å². The summed E-state index contributed by atoms with van der Waals surface area (Å²) in [5.41, 5.74) is -0.826. The monoisotopic (exact) mass is 316 g/mol. The number of fused-ring (bicyclic) bond motifs is 1. The van der Waals surface area contributed by atoms with E-state index < -0.39 is 11.3 Å². The minimum atomic E-state index is -0.554. The van der Waals surface area contributed by atoms with Crippen LogP contribution in [-0.2, 0) is 13.0 Å². The Morgan fingerprint density at radius 1 is 1.30 bits per heavy atom. The molecule has 6 nitrogen and oxygen atoms in total. The van der Waals surface area contributed by atoms with Gasteiger partial charge in [0, 0.05) is 12.6 Å². The zero-order valence-corrected chi connectivity index (χ0v) is 13.1. The third-order valence-corrected chi connectivity index (χ3v) is 4.09. The summed E-state index contributed by atoms with van der Waals surface area (Å²) >= 11 is 0. The highest BCUT2D eigenvalue weighted by molar-refractivity contribution is 5.75. The number of nitrogens with one attached hydrogen (secondary N) is 1. The molecule has 0 spiro atoms. The van der Waals surface area contributed by atoms with E-state index in [2.05, 4.69) is 4.98 Å². The Balaban J connectivity index is 2.10. The van der Waals surface area contributed by atoms with Gasteiger partial charge >= 0.3 is 11.3 Å². The van der Waals surface area contributed by atoms with E-state index in [9.17, 15) is 14.4 Å². The summed E-state index contributed by atoms with van der Waals surface area (Å²) in [4.78, 5) is 39.0. The number of aromatic nitrogens is 2. The molecule has 0 atom stereocenters. The van der Waals surface area contributed by atoms with Crippen molar-refractivity contribution in [1.82, 2.24) is 9.55 Å². The van der Waals surface area contributed by atoms with Gasteiger partial charge in [-0.1, -0.05) is 19.1 Å². The standard InChI is InChI=1S/C17H20N2O4/c1-2-3-4-5-6-12-9-13(20)23-15-14(12)16(21)19(17(22)18-15)10-11-7-8-11/h3-4,9,11H,2,5-8,10H2,1H3,(H,18,22)/b4-3-. The SMILES string of the molecule is CC/C=C\CCc1cc(=O)oc2[nH]c(=O)n(CC3CC3)c(=O)c12. The number of H-pyrrole nitrogens is 1. The number of rotatable bonds is 6. The first kappa shape index (κ1) is 15.5. The van der Waals surface area contributed by atoms with Gasteiger partial charge in [-0.2, -0.15) is 0 Å². The Bertz CT molecular complexity index is 913. The van der Waals surface area contributed by atoms with Crippen molar-refractivity contribution in [3.63, 3.8) is 0 Å². The van der Waals surface area contributed by atoms with Crippen LogP contribution in [0.4, 0.5) is 0 Å². The number of nitrogens with zero attached hydrogens (tertiary/aromatic N) is 1. The molecular weight excluding hydrogens is 296 g/mol. The van der Waals surface area contributed by atoms with Gasteiger partial charge in [0.2, 0.25) is 5.71 Å². The van der Waals surface area contributed by atoms with E-state index in [4.69, 9.17) is 4.42 Å². The molecule has 6 heteroatoms. The van der Waals surface area contributed by atoms with Crippen molar-refractivity contribution < 1.29 is 4.42 Å². The first-order chi connectivity index (χ1) is 11.1. The first-order valence-corrected chi connectivity index (χ1v) is 8.05. The molecule has 1 saturated carbocycles. The zero-order valence-electron chi connectivity index (χ0n) is 13.1. The average Bonchev–Trinajstić information content (AvgIpc) is 3.31. The van der Waals surface area contributed by atoms with Crippen molar-refractivity contribution in [3.05, 3.63) is 55.0 Å². The summed E-state index contributed by atoms with van der Waals surface area (Å²) in [6, 6.07) is 1.35. The average molecular weight is 316 g/mol. The van der Waals surface area contributed by atoms with Gasteiger partial charge in [-0.15, -0.1) is 0 Å². The second-order valence-electron chi connectivity index (χ2n) is 6.00. The van der Waals surface area contributed by atoms with E-state index in [1.807, 2.05) is 19.1 Å². The molecule has 1 aliphatic rings. The number of hydrogen-bond donors (Lipinski definition) is 1. The largest absolute Gasteiger partial charge is 0.405 e. The maximum atomic E-state index is 12.7. The molecule has 0 aliphatic heterocycles. The third-order valence-electron chi connectivity index (χ3n) is 4.09. The van der Waals surface area contributed by atoms with Crippen molar-refractivity contribution in [2.24, 2.45) is 5.92 Å². The van der Waals surface area contributed by atoms with E-state index >= 15 is 0 Å². The lowest BCUT2D eigenvalue weighted by atomic mass is 10.1. The lowest BCUT2D eigenvalue weighted by molar-refractivity contribution is 0.528. The van der Waals surface area contributed by atoms with Crippen LogP contribution in [0.15, 0.2) is 37.0 Å². The van der Waals surface area contributed by atoms with Gasteiger partial charge in [-0.3, -0.25) is 14.3 Å². The van der Waals surface area contributed by atoms with Crippen LogP contribution in [0, 0.1) is 5.92 Å².